The SMILES string of the molecule is COC(=O)C(CCC(=O)Cc1cc(C(F)(F)F)cc(C(F)(F)F)c1)NC(=O)OC(C)(C)C. The number of ether oxygens (including phenoxy) is 2. The molecule has 1 rings (SSSR count). The molecule has 6 nitrogen and oxygen atoms in total. The van der Waals surface area contributed by atoms with Crippen LogP contribution in [0.4, 0.5) is 31.1 Å². The first-order chi connectivity index (χ1) is 14.4. The highest BCUT2D eigenvalue weighted by Crippen LogP contribution is 2.36. The van der Waals surface area contributed by atoms with Crippen LogP contribution in [0.15, 0.2) is 18.2 Å². The quantitative estimate of drug-likeness (QED) is 0.461. The van der Waals surface area contributed by atoms with E-state index in [2.05, 4.69) is 10.1 Å². The molecule has 1 unspecified atom stereocenters. The molecule has 1 amide bonds. The van der Waals surface area contributed by atoms with Gasteiger partial charge in [0.25, 0.3) is 0 Å². The van der Waals surface area contributed by atoms with Gasteiger partial charge >= 0.3 is 24.4 Å². The summed E-state index contributed by atoms with van der Waals surface area (Å²) in [5, 5.41) is 2.22. The number of benzene rings is 1. The smallest absolute Gasteiger partial charge is 0.416 e. The molecule has 0 spiro atoms. The Bertz CT molecular complexity index is 810. The highest BCUT2D eigenvalue weighted by Gasteiger charge is 2.37. The van der Waals surface area contributed by atoms with Crippen molar-refractivity contribution < 1.29 is 50.2 Å². The average Bonchev–Trinajstić information content (AvgIpc) is 2.61. The summed E-state index contributed by atoms with van der Waals surface area (Å²) in [5.41, 5.74) is -4.42. The number of ketones is 1. The summed E-state index contributed by atoms with van der Waals surface area (Å²) in [6.07, 6.45) is -12.5. The first-order valence-electron chi connectivity index (χ1n) is 9.30. The summed E-state index contributed by atoms with van der Waals surface area (Å²) >= 11 is 0. The van der Waals surface area contributed by atoms with Gasteiger partial charge in [0.05, 0.1) is 18.2 Å². The minimum absolute atomic E-state index is 0.0357. The molecule has 1 N–H and O–H groups in total. The molecule has 0 saturated heterocycles. The van der Waals surface area contributed by atoms with Crippen molar-refractivity contribution in [1.29, 1.82) is 0 Å². The maximum Gasteiger partial charge on any atom is 0.416 e. The highest BCUT2D eigenvalue weighted by molar-refractivity contribution is 5.84. The number of carbonyl (C=O) groups excluding carboxylic acids is 3. The second-order valence-electron chi connectivity index (χ2n) is 7.89. The van der Waals surface area contributed by atoms with Crippen molar-refractivity contribution in [3.63, 3.8) is 0 Å². The van der Waals surface area contributed by atoms with Gasteiger partial charge in [0.1, 0.15) is 17.4 Å². The van der Waals surface area contributed by atoms with E-state index in [0.29, 0.717) is 12.1 Å². The van der Waals surface area contributed by atoms with Crippen LogP contribution in [0.5, 0.6) is 0 Å². The normalized spacial score (nSPS) is 13.3. The van der Waals surface area contributed by atoms with Gasteiger partial charge in [-0.2, -0.15) is 26.3 Å². The number of alkyl halides is 6. The lowest BCUT2D eigenvalue weighted by Gasteiger charge is -2.22. The van der Waals surface area contributed by atoms with Gasteiger partial charge in [-0.3, -0.25) is 4.79 Å². The minimum atomic E-state index is -5.04. The molecule has 0 saturated carbocycles. The molecule has 180 valence electrons. The van der Waals surface area contributed by atoms with Gasteiger partial charge in [-0.25, -0.2) is 9.59 Å². The number of Topliss-reactive ketones (excluding diaryl/α,β-unsaturated/α-hetero) is 1. The van der Waals surface area contributed by atoms with Gasteiger partial charge in [0, 0.05) is 12.8 Å². The van der Waals surface area contributed by atoms with Crippen LogP contribution in [-0.4, -0.2) is 36.6 Å². The van der Waals surface area contributed by atoms with Crippen molar-refractivity contribution in [1.82, 2.24) is 5.32 Å². The van der Waals surface area contributed by atoms with Crippen LogP contribution in [0.3, 0.4) is 0 Å². The molecule has 32 heavy (non-hydrogen) atoms. The van der Waals surface area contributed by atoms with E-state index in [1.54, 1.807) is 20.8 Å². The Morgan fingerprint density at radius 1 is 0.938 bits per heavy atom. The van der Waals surface area contributed by atoms with Crippen molar-refractivity contribution in [2.45, 2.75) is 64.0 Å². The van der Waals surface area contributed by atoms with Gasteiger partial charge in [0.2, 0.25) is 0 Å². The highest BCUT2D eigenvalue weighted by atomic mass is 19.4. The zero-order chi connectivity index (χ0) is 24.9. The standard InChI is InChI=1S/C20H23F6NO5/c1-18(2,3)32-17(30)27-15(16(29)31-4)6-5-14(28)9-11-7-12(19(21,22)23)10-13(8-11)20(24,25)26/h7-8,10,15H,5-6,9H2,1-4H3,(H,27,30). The van der Waals surface area contributed by atoms with Crippen molar-refractivity contribution in [3.8, 4) is 0 Å². The number of amides is 1. The Morgan fingerprint density at radius 2 is 1.44 bits per heavy atom. The van der Waals surface area contributed by atoms with Crippen LogP contribution in [-0.2, 0) is 37.8 Å². The van der Waals surface area contributed by atoms with Gasteiger partial charge in [-0.05, 0) is 51.0 Å². The summed E-state index contributed by atoms with van der Waals surface area (Å²) in [6.45, 7) is 4.73. The monoisotopic (exact) mass is 471 g/mol. The second-order valence-corrected chi connectivity index (χ2v) is 7.89. The van der Waals surface area contributed by atoms with E-state index >= 15 is 0 Å². The largest absolute Gasteiger partial charge is 0.467 e. The second kappa shape index (κ2) is 10.2. The molecule has 0 fully saturated rings. The molecule has 1 aromatic carbocycles. The number of nitrogens with one attached hydrogen (secondary N) is 1. The number of carbonyl (C=O) groups is 3. The predicted octanol–water partition coefficient (Wildman–Crippen LogP) is 4.68. The molecule has 0 aliphatic carbocycles. The Kier molecular flexibility index (Phi) is 8.70. The first kappa shape index (κ1) is 27.2. The van der Waals surface area contributed by atoms with Gasteiger partial charge in [-0.1, -0.05) is 0 Å². The van der Waals surface area contributed by atoms with Crippen LogP contribution < -0.4 is 5.32 Å². The van der Waals surface area contributed by atoms with Gasteiger partial charge in [0.15, 0.2) is 0 Å². The van der Waals surface area contributed by atoms with Gasteiger partial charge in [-0.15, -0.1) is 0 Å². The summed E-state index contributed by atoms with van der Waals surface area (Å²) in [4.78, 5) is 35.9. The van der Waals surface area contributed by atoms with E-state index < -0.39 is 71.4 Å². The summed E-state index contributed by atoms with van der Waals surface area (Å²) in [6, 6.07) is -0.411. The Labute approximate surface area is 180 Å². The molecule has 0 bridgehead atoms. The molecule has 0 aliphatic rings. The Morgan fingerprint density at radius 3 is 1.84 bits per heavy atom. The molecular formula is C20H23F6NO5. The van der Waals surface area contributed by atoms with E-state index in [1.807, 2.05) is 0 Å². The lowest BCUT2D eigenvalue weighted by molar-refractivity contribution is -0.144. The number of methoxy groups -OCH3 is 1. The number of hydrogen-bond donors (Lipinski definition) is 1. The third-order valence-electron chi connectivity index (χ3n) is 3.94. The van der Waals surface area contributed by atoms with E-state index in [4.69, 9.17) is 4.74 Å². The van der Waals surface area contributed by atoms with Crippen molar-refractivity contribution >= 4 is 17.8 Å². The fourth-order valence-electron chi connectivity index (χ4n) is 2.58. The lowest BCUT2D eigenvalue weighted by atomic mass is 9.98. The first-order valence-corrected chi connectivity index (χ1v) is 9.30. The van der Waals surface area contributed by atoms with Crippen LogP contribution in [0.1, 0.15) is 50.3 Å². The number of alkyl carbamates (subject to hydrolysis) is 1. The maximum atomic E-state index is 12.9. The van der Waals surface area contributed by atoms with Crippen molar-refractivity contribution in [2.24, 2.45) is 0 Å². The number of halogens is 6. The minimum Gasteiger partial charge on any atom is -0.467 e. The Balaban J connectivity index is 2.93. The zero-order valence-electron chi connectivity index (χ0n) is 17.7. The van der Waals surface area contributed by atoms with Crippen LogP contribution in [0.2, 0.25) is 0 Å². The third kappa shape index (κ3) is 9.15. The van der Waals surface area contributed by atoms with Crippen LogP contribution >= 0.6 is 0 Å². The topological polar surface area (TPSA) is 81.7 Å². The van der Waals surface area contributed by atoms with E-state index in [-0.39, 0.29) is 12.5 Å². The van der Waals surface area contributed by atoms with E-state index in [1.165, 1.54) is 0 Å². The molecule has 0 heterocycles. The molecule has 1 atom stereocenters. The fraction of sp³-hybridized carbons (Fsp3) is 0.550. The third-order valence-corrected chi connectivity index (χ3v) is 3.94. The molecule has 0 aromatic heterocycles. The maximum absolute atomic E-state index is 12.9. The molecule has 0 aliphatic heterocycles. The van der Waals surface area contributed by atoms with Crippen LogP contribution in [0.25, 0.3) is 0 Å². The summed E-state index contributed by atoms with van der Waals surface area (Å²) in [5.74, 6) is -1.64. The molecule has 1 aromatic rings. The van der Waals surface area contributed by atoms with E-state index in [0.717, 1.165) is 7.11 Å². The summed E-state index contributed by atoms with van der Waals surface area (Å²) in [7, 11) is 1.04. The van der Waals surface area contributed by atoms with Crippen molar-refractivity contribution in [3.05, 3.63) is 34.9 Å². The molecular weight excluding hydrogens is 448 g/mol. The predicted molar refractivity (Wildman–Crippen MR) is 99.6 cm³/mol. The van der Waals surface area contributed by atoms with Crippen molar-refractivity contribution in [2.75, 3.05) is 7.11 Å². The molecule has 12 heteroatoms. The Hall–Kier alpha value is -2.79. The van der Waals surface area contributed by atoms with Gasteiger partial charge < -0.3 is 14.8 Å². The number of esters is 1. The lowest BCUT2D eigenvalue weighted by Crippen LogP contribution is -2.44. The zero-order valence-corrected chi connectivity index (χ0v) is 17.7. The van der Waals surface area contributed by atoms with Crippen LogP contribution in [0, 0.1) is 0 Å². The molecule has 0 radical (unpaired) electrons. The average molecular weight is 471 g/mol. The van der Waals surface area contributed by atoms with E-state index in [9.17, 15) is 40.7 Å². The fourth-order valence-corrected chi connectivity index (χ4v) is 2.58. The number of hydrogen-bond acceptors (Lipinski definition) is 5. The number of rotatable bonds is 7. The summed E-state index contributed by atoms with van der Waals surface area (Å²) < 4.78 is 87.2.